The summed E-state index contributed by atoms with van der Waals surface area (Å²) in [6.07, 6.45) is 0. The lowest BCUT2D eigenvalue weighted by Gasteiger charge is -2.34. The van der Waals surface area contributed by atoms with Crippen LogP contribution in [0.4, 0.5) is 0 Å². The number of fused-ring (bicyclic) bond motifs is 3. The summed E-state index contributed by atoms with van der Waals surface area (Å²) in [6, 6.07) is 79.7. The van der Waals surface area contributed by atoms with Gasteiger partial charge in [-0.1, -0.05) is 194 Å². The van der Waals surface area contributed by atoms with Crippen molar-refractivity contribution in [2.75, 3.05) is 0 Å². The summed E-state index contributed by atoms with van der Waals surface area (Å²) in [7, 11) is -6.85. The van der Waals surface area contributed by atoms with Crippen LogP contribution in [0, 0.1) is 0 Å². The molecule has 0 fully saturated rings. The third-order valence-electron chi connectivity index (χ3n) is 10.8. The standard InChI is InChI=1S/C48H36OSSi2/c49-50-47-33-31-43(51(37-19-7-1-8-20-37,38-21-9-2-10-22-38)39-23-11-3-12-24-39)35-45(47)46-36-44(32-34-48(46)50)52(40-25-13-4-14-26-40,41-27-15-5-16-28-41)42-29-17-6-18-30-42/h1-36H. The summed E-state index contributed by atoms with van der Waals surface area (Å²) in [5, 5.41) is 12.6. The molecule has 4 heteroatoms. The maximum Gasteiger partial charge on any atom is 0.180 e. The van der Waals surface area contributed by atoms with Gasteiger partial charge >= 0.3 is 0 Å². The Hall–Kier alpha value is -5.63. The van der Waals surface area contributed by atoms with E-state index >= 15 is 0 Å². The Labute approximate surface area is 310 Å². The topological polar surface area (TPSA) is 23.1 Å². The van der Waals surface area contributed by atoms with E-state index in [2.05, 4.69) is 218 Å². The normalized spacial score (nSPS) is 11.9. The van der Waals surface area contributed by atoms with E-state index in [1.165, 1.54) is 41.5 Å². The fraction of sp³-hybridized carbons (Fsp3) is 0. The molecule has 0 N–H and O–H groups in total. The summed E-state index contributed by atoms with van der Waals surface area (Å²) in [6.45, 7) is 0. The van der Waals surface area contributed by atoms with Crippen LogP contribution in [0.25, 0.3) is 20.2 Å². The van der Waals surface area contributed by atoms with E-state index in [0.717, 1.165) is 20.2 Å². The first-order valence-corrected chi connectivity index (χ1v) is 22.9. The van der Waals surface area contributed by atoms with Crippen molar-refractivity contribution in [3.63, 3.8) is 0 Å². The molecule has 0 bridgehead atoms. The van der Waals surface area contributed by atoms with Crippen molar-refractivity contribution in [2.24, 2.45) is 0 Å². The van der Waals surface area contributed by atoms with Crippen LogP contribution in [0.15, 0.2) is 218 Å². The van der Waals surface area contributed by atoms with E-state index < -0.39 is 26.9 Å². The predicted molar refractivity (Wildman–Crippen MR) is 227 cm³/mol. The monoisotopic (exact) mass is 716 g/mol. The van der Waals surface area contributed by atoms with E-state index in [4.69, 9.17) is 0 Å². The highest BCUT2D eigenvalue weighted by atomic mass is 32.2. The van der Waals surface area contributed by atoms with Crippen molar-refractivity contribution in [3.8, 4) is 0 Å². The Bertz CT molecular complexity index is 2230. The zero-order valence-electron chi connectivity index (χ0n) is 28.6. The molecule has 0 aliphatic carbocycles. The molecule has 248 valence electrons. The first kappa shape index (κ1) is 32.3. The minimum Gasteiger partial charge on any atom is -0.590 e. The third kappa shape index (κ3) is 5.07. The fourth-order valence-electron chi connectivity index (χ4n) is 8.52. The largest absolute Gasteiger partial charge is 0.590 e. The summed E-state index contributed by atoms with van der Waals surface area (Å²) in [4.78, 5) is 0. The zero-order chi connectivity index (χ0) is 35.0. The molecular weight excluding hydrogens is 681 g/mol. The molecule has 0 radical (unpaired) electrons. The van der Waals surface area contributed by atoms with Gasteiger partial charge in [0.25, 0.3) is 0 Å². The van der Waals surface area contributed by atoms with E-state index in [9.17, 15) is 4.55 Å². The van der Waals surface area contributed by atoms with Gasteiger partial charge in [0.05, 0.1) is 0 Å². The SMILES string of the molecule is [O-][s+]1c2ccc([Si](c3ccccc3)(c3ccccc3)c3ccccc3)cc2c2cc([Si](c3ccccc3)(c3ccccc3)c3ccccc3)ccc21. The molecule has 0 spiro atoms. The van der Waals surface area contributed by atoms with Crippen molar-refractivity contribution in [1.82, 2.24) is 0 Å². The molecule has 0 atom stereocenters. The summed E-state index contributed by atoms with van der Waals surface area (Å²) >= 11 is 0. The Balaban J connectivity index is 1.38. The molecule has 9 aromatic rings. The maximum atomic E-state index is 14.4. The van der Waals surface area contributed by atoms with Crippen LogP contribution in [-0.2, 0) is 0 Å². The van der Waals surface area contributed by atoms with Crippen LogP contribution in [-0.4, -0.2) is 20.7 Å². The van der Waals surface area contributed by atoms with Gasteiger partial charge in [-0.05, 0) is 76.5 Å². The highest BCUT2D eigenvalue weighted by molar-refractivity contribution is 7.37. The van der Waals surface area contributed by atoms with Gasteiger partial charge in [0.1, 0.15) is 0 Å². The van der Waals surface area contributed by atoms with Crippen LogP contribution in [0.5, 0.6) is 0 Å². The lowest BCUT2D eigenvalue weighted by molar-refractivity contribution is 0.602. The molecule has 0 saturated heterocycles. The minimum absolute atomic E-state index is 0.888. The Morgan fingerprint density at radius 1 is 0.269 bits per heavy atom. The minimum atomic E-state index is -2.78. The molecule has 0 aliphatic rings. The van der Waals surface area contributed by atoms with Crippen molar-refractivity contribution in [2.45, 2.75) is 0 Å². The first-order chi connectivity index (χ1) is 25.7. The van der Waals surface area contributed by atoms with Crippen LogP contribution in [0.3, 0.4) is 0 Å². The van der Waals surface area contributed by atoms with Gasteiger partial charge < -0.3 is 4.55 Å². The molecule has 0 amide bonds. The second-order valence-corrected chi connectivity index (χ2v) is 22.4. The quantitative estimate of drug-likeness (QED) is 0.100. The van der Waals surface area contributed by atoms with Gasteiger partial charge in [-0.25, -0.2) is 0 Å². The van der Waals surface area contributed by atoms with Gasteiger partial charge in [0.2, 0.25) is 0 Å². The molecule has 9 rings (SSSR count). The molecule has 52 heavy (non-hydrogen) atoms. The number of thiophene rings is 1. The predicted octanol–water partition coefficient (Wildman–Crippen LogP) is 6.48. The Morgan fingerprint density at radius 3 is 0.731 bits per heavy atom. The van der Waals surface area contributed by atoms with E-state index in [1.807, 2.05) is 0 Å². The van der Waals surface area contributed by atoms with E-state index in [1.54, 1.807) is 0 Å². The van der Waals surface area contributed by atoms with Crippen LogP contribution in [0.2, 0.25) is 0 Å². The second kappa shape index (κ2) is 13.5. The van der Waals surface area contributed by atoms with Gasteiger partial charge in [0, 0.05) is 10.8 Å². The average Bonchev–Trinajstić information content (AvgIpc) is 3.51. The lowest BCUT2D eigenvalue weighted by Crippen LogP contribution is -2.74. The van der Waals surface area contributed by atoms with Gasteiger partial charge in [0.15, 0.2) is 25.5 Å². The van der Waals surface area contributed by atoms with Gasteiger partial charge in [-0.3, -0.25) is 0 Å². The van der Waals surface area contributed by atoms with Crippen LogP contribution in [0.1, 0.15) is 0 Å². The van der Waals surface area contributed by atoms with Gasteiger partial charge in [-0.15, -0.1) is 0 Å². The lowest BCUT2D eigenvalue weighted by atomic mass is 10.1. The molecule has 0 saturated carbocycles. The van der Waals surface area contributed by atoms with Crippen molar-refractivity contribution in [1.29, 1.82) is 0 Å². The molecule has 1 nitrogen and oxygen atoms in total. The summed E-state index contributed by atoms with van der Waals surface area (Å²) < 4.78 is 16.1. The Morgan fingerprint density at radius 2 is 0.500 bits per heavy atom. The van der Waals surface area contributed by atoms with Crippen molar-refractivity contribution < 1.29 is 4.55 Å². The summed E-state index contributed by atoms with van der Waals surface area (Å²) in [5.41, 5.74) is 0. The number of benzene rings is 8. The Kier molecular flexibility index (Phi) is 8.38. The number of hydrogen-bond acceptors (Lipinski definition) is 1. The second-order valence-electron chi connectivity index (χ2n) is 13.4. The van der Waals surface area contributed by atoms with E-state index in [0.29, 0.717) is 0 Å². The van der Waals surface area contributed by atoms with Gasteiger partial charge in [-0.2, -0.15) is 0 Å². The van der Waals surface area contributed by atoms with Crippen LogP contribution < -0.4 is 41.5 Å². The molecule has 1 aromatic heterocycles. The fourth-order valence-corrected chi connectivity index (χ4v) is 19.4. The third-order valence-corrected chi connectivity index (χ3v) is 21.8. The summed E-state index contributed by atoms with van der Waals surface area (Å²) in [5.74, 6) is 0. The highest BCUT2D eigenvalue weighted by Gasteiger charge is 2.43. The highest BCUT2D eigenvalue weighted by Crippen LogP contribution is 2.40. The van der Waals surface area contributed by atoms with Crippen molar-refractivity contribution in [3.05, 3.63) is 218 Å². The van der Waals surface area contributed by atoms with E-state index in [-0.39, 0.29) is 0 Å². The molecular formula is C48H36OSSi2. The molecule has 0 aliphatic heterocycles. The number of hydrogen-bond donors (Lipinski definition) is 0. The molecule has 1 heterocycles. The van der Waals surface area contributed by atoms with Crippen LogP contribution >= 0.6 is 10.8 Å². The maximum absolute atomic E-state index is 14.4. The average molecular weight is 717 g/mol. The molecule has 0 unspecified atom stereocenters. The molecule has 8 aromatic carbocycles. The number of rotatable bonds is 8. The van der Waals surface area contributed by atoms with Crippen molar-refractivity contribution >= 4 is 88.6 Å². The smallest absolute Gasteiger partial charge is 0.180 e. The zero-order valence-corrected chi connectivity index (χ0v) is 31.4. The first-order valence-electron chi connectivity index (χ1n) is 17.8.